The third-order valence-corrected chi connectivity index (χ3v) is 4.45. The number of piperidine rings is 3. The van der Waals surface area contributed by atoms with Crippen molar-refractivity contribution >= 4 is 5.71 Å². The maximum Gasteiger partial charge on any atom is 0.0899 e. The number of nitrogens with zero attached hydrogens (tertiary/aromatic N) is 2. The molecule has 0 saturated carbocycles. The minimum atomic E-state index is 0.370. The van der Waals surface area contributed by atoms with Gasteiger partial charge in [-0.3, -0.25) is 4.90 Å². The number of nitrogens with one attached hydrogen (secondary N) is 1. The molecule has 0 radical (unpaired) electrons. The van der Waals surface area contributed by atoms with Crippen molar-refractivity contribution < 1.29 is 0 Å². The molecule has 4 aliphatic rings. The molecule has 2 unspecified atom stereocenters. The zero-order chi connectivity index (χ0) is 11.2. The molecule has 3 fully saturated rings. The van der Waals surface area contributed by atoms with Crippen molar-refractivity contribution in [2.75, 3.05) is 13.1 Å². The summed E-state index contributed by atoms with van der Waals surface area (Å²) in [7, 11) is 0. The van der Waals surface area contributed by atoms with Gasteiger partial charge in [0.25, 0.3) is 0 Å². The summed E-state index contributed by atoms with van der Waals surface area (Å²) in [6.45, 7) is 2.50. The van der Waals surface area contributed by atoms with Crippen LogP contribution in [0.5, 0.6) is 0 Å². The molecule has 3 saturated heterocycles. The van der Waals surface area contributed by atoms with E-state index in [1.54, 1.807) is 0 Å². The first-order valence-corrected chi connectivity index (χ1v) is 6.55. The molecule has 1 aromatic rings. The Kier molecular flexibility index (Phi) is 2.03. The molecule has 3 heteroatoms. The van der Waals surface area contributed by atoms with Gasteiger partial charge in [-0.1, -0.05) is 30.3 Å². The standard InChI is InChI=1S/C14H17N3/c1-2-4-10(5-3-1)12-14-13(16-15-12)11-6-8-17(14)9-7-11/h1-5,11-12,14-15H,6-9H2. The van der Waals surface area contributed by atoms with Gasteiger partial charge in [0, 0.05) is 5.92 Å². The highest BCUT2D eigenvalue weighted by Crippen LogP contribution is 2.38. The second-order valence-electron chi connectivity index (χ2n) is 5.31. The van der Waals surface area contributed by atoms with Crippen molar-refractivity contribution in [1.29, 1.82) is 0 Å². The highest BCUT2D eigenvalue weighted by molar-refractivity contribution is 5.95. The van der Waals surface area contributed by atoms with E-state index in [0.717, 1.165) is 5.92 Å². The van der Waals surface area contributed by atoms with Crippen LogP contribution < -0.4 is 5.43 Å². The summed E-state index contributed by atoms with van der Waals surface area (Å²) >= 11 is 0. The Labute approximate surface area is 102 Å². The van der Waals surface area contributed by atoms with Gasteiger partial charge in [-0.05, 0) is 31.5 Å². The maximum absolute atomic E-state index is 4.62. The van der Waals surface area contributed by atoms with Gasteiger partial charge in [0.1, 0.15) is 0 Å². The molecular formula is C14H17N3. The van der Waals surface area contributed by atoms with Gasteiger partial charge in [-0.25, -0.2) is 0 Å². The first-order chi connectivity index (χ1) is 8.43. The zero-order valence-corrected chi connectivity index (χ0v) is 9.84. The highest BCUT2D eigenvalue weighted by atomic mass is 15.4. The predicted octanol–water partition coefficient (Wildman–Crippen LogP) is 1.78. The van der Waals surface area contributed by atoms with Crippen LogP contribution in [0.4, 0.5) is 0 Å². The summed E-state index contributed by atoms with van der Waals surface area (Å²) in [5.41, 5.74) is 6.14. The lowest BCUT2D eigenvalue weighted by atomic mass is 9.78. The molecule has 4 aliphatic heterocycles. The van der Waals surface area contributed by atoms with Crippen LogP contribution in [0.3, 0.4) is 0 Å². The van der Waals surface area contributed by atoms with Gasteiger partial charge in [0.2, 0.25) is 0 Å². The maximum atomic E-state index is 4.62. The second kappa shape index (κ2) is 3.57. The molecule has 0 amide bonds. The molecule has 0 aromatic heterocycles. The van der Waals surface area contributed by atoms with Crippen LogP contribution in [0.25, 0.3) is 0 Å². The van der Waals surface area contributed by atoms with Gasteiger partial charge >= 0.3 is 0 Å². The molecule has 0 aliphatic carbocycles. The summed E-state index contributed by atoms with van der Waals surface area (Å²) in [6.07, 6.45) is 2.61. The van der Waals surface area contributed by atoms with Crippen molar-refractivity contribution in [3.8, 4) is 0 Å². The van der Waals surface area contributed by atoms with Gasteiger partial charge in [-0.2, -0.15) is 5.10 Å². The topological polar surface area (TPSA) is 27.6 Å². The summed E-state index contributed by atoms with van der Waals surface area (Å²) in [5.74, 6) is 0.742. The molecule has 17 heavy (non-hydrogen) atoms. The lowest BCUT2D eigenvalue weighted by molar-refractivity contribution is 0.133. The van der Waals surface area contributed by atoms with Crippen molar-refractivity contribution in [1.82, 2.24) is 10.3 Å². The van der Waals surface area contributed by atoms with E-state index < -0.39 is 0 Å². The quantitative estimate of drug-likeness (QED) is 0.792. The van der Waals surface area contributed by atoms with Crippen molar-refractivity contribution in [3.63, 3.8) is 0 Å². The van der Waals surface area contributed by atoms with Crippen LogP contribution in [-0.4, -0.2) is 29.7 Å². The number of rotatable bonds is 1. The lowest BCUT2D eigenvalue weighted by Crippen LogP contribution is -2.56. The molecule has 88 valence electrons. The Morgan fingerprint density at radius 2 is 1.88 bits per heavy atom. The molecule has 5 rings (SSSR count). The minimum Gasteiger partial charge on any atom is -0.301 e. The Morgan fingerprint density at radius 3 is 2.65 bits per heavy atom. The average molecular weight is 227 g/mol. The third-order valence-electron chi connectivity index (χ3n) is 4.45. The number of benzene rings is 1. The molecule has 0 spiro atoms. The monoisotopic (exact) mass is 227 g/mol. The van der Waals surface area contributed by atoms with E-state index in [9.17, 15) is 0 Å². The molecule has 2 atom stereocenters. The van der Waals surface area contributed by atoms with E-state index in [1.165, 1.54) is 37.2 Å². The second-order valence-corrected chi connectivity index (χ2v) is 5.31. The van der Waals surface area contributed by atoms with Crippen LogP contribution in [0.2, 0.25) is 0 Å². The average Bonchev–Trinajstić information content (AvgIpc) is 2.88. The normalized spacial score (nSPS) is 38.5. The first kappa shape index (κ1) is 9.66. The van der Waals surface area contributed by atoms with Crippen LogP contribution >= 0.6 is 0 Å². The van der Waals surface area contributed by atoms with Crippen molar-refractivity contribution in [2.24, 2.45) is 11.0 Å². The summed E-state index contributed by atoms with van der Waals surface area (Å²) in [5, 5.41) is 4.62. The Bertz CT molecular complexity index is 446. The number of hydrogen-bond donors (Lipinski definition) is 1. The van der Waals surface area contributed by atoms with Gasteiger partial charge < -0.3 is 5.43 Å². The van der Waals surface area contributed by atoms with Crippen LogP contribution in [0, 0.1) is 5.92 Å². The summed E-state index contributed by atoms with van der Waals surface area (Å²) in [6, 6.07) is 11.6. The lowest BCUT2D eigenvalue weighted by Gasteiger charge is -2.45. The van der Waals surface area contributed by atoms with E-state index in [2.05, 4.69) is 45.8 Å². The van der Waals surface area contributed by atoms with E-state index in [1.807, 2.05) is 0 Å². The van der Waals surface area contributed by atoms with E-state index in [4.69, 9.17) is 0 Å². The fourth-order valence-corrected chi connectivity index (χ4v) is 3.57. The SMILES string of the molecule is c1ccc(C2NN=C3C4CCN(CC4)C32)cc1. The number of hydrazone groups is 1. The molecule has 4 heterocycles. The number of hydrogen-bond acceptors (Lipinski definition) is 3. The summed E-state index contributed by atoms with van der Waals surface area (Å²) < 4.78 is 0. The van der Waals surface area contributed by atoms with Gasteiger partial charge in [-0.15, -0.1) is 0 Å². The van der Waals surface area contributed by atoms with E-state index in [0.29, 0.717) is 12.1 Å². The van der Waals surface area contributed by atoms with E-state index >= 15 is 0 Å². The molecule has 1 aromatic carbocycles. The Hall–Kier alpha value is -1.35. The first-order valence-electron chi connectivity index (χ1n) is 6.55. The molecule has 3 nitrogen and oxygen atoms in total. The Morgan fingerprint density at radius 1 is 1.12 bits per heavy atom. The molecular weight excluding hydrogens is 210 g/mol. The molecule has 2 bridgehead atoms. The predicted molar refractivity (Wildman–Crippen MR) is 67.8 cm³/mol. The largest absolute Gasteiger partial charge is 0.301 e. The van der Waals surface area contributed by atoms with Gasteiger partial charge in [0.15, 0.2) is 0 Å². The van der Waals surface area contributed by atoms with Crippen molar-refractivity contribution in [2.45, 2.75) is 24.9 Å². The number of fused-ring (bicyclic) bond motifs is 2. The Balaban J connectivity index is 1.69. The van der Waals surface area contributed by atoms with Crippen LogP contribution in [0.15, 0.2) is 35.4 Å². The third kappa shape index (κ3) is 1.35. The smallest absolute Gasteiger partial charge is 0.0899 e. The van der Waals surface area contributed by atoms with Crippen LogP contribution in [0.1, 0.15) is 24.4 Å². The fraction of sp³-hybridized carbons (Fsp3) is 0.500. The minimum absolute atomic E-state index is 0.370. The fourth-order valence-electron chi connectivity index (χ4n) is 3.57. The van der Waals surface area contributed by atoms with E-state index in [-0.39, 0.29) is 0 Å². The van der Waals surface area contributed by atoms with Crippen LogP contribution in [-0.2, 0) is 0 Å². The summed E-state index contributed by atoms with van der Waals surface area (Å²) in [4.78, 5) is 2.61. The van der Waals surface area contributed by atoms with Gasteiger partial charge in [0.05, 0.1) is 17.8 Å². The highest BCUT2D eigenvalue weighted by Gasteiger charge is 2.46. The zero-order valence-electron chi connectivity index (χ0n) is 9.84. The molecule has 1 N–H and O–H groups in total. The van der Waals surface area contributed by atoms with Crippen molar-refractivity contribution in [3.05, 3.63) is 35.9 Å².